The highest BCUT2D eigenvalue weighted by Gasteiger charge is 2.30. The van der Waals surface area contributed by atoms with Crippen LogP contribution in [0.2, 0.25) is 0 Å². The minimum Gasteiger partial charge on any atom is -0.504 e. The molecular formula is C22H20N2O. The zero-order valence-electron chi connectivity index (χ0n) is 13.9. The second kappa shape index (κ2) is 6.73. The molecule has 3 heteroatoms. The molecule has 4 rings (SSSR count). The van der Waals surface area contributed by atoms with Crippen LogP contribution in [0.15, 0.2) is 96.8 Å². The summed E-state index contributed by atoms with van der Waals surface area (Å²) in [4.78, 5) is 4.35. The minimum absolute atomic E-state index is 0.297. The molecule has 3 aromatic carbocycles. The first-order valence-electron chi connectivity index (χ1n) is 8.48. The van der Waals surface area contributed by atoms with Crippen LogP contribution in [-0.4, -0.2) is 18.2 Å². The van der Waals surface area contributed by atoms with Crippen molar-refractivity contribution in [3.8, 4) is 0 Å². The highest BCUT2D eigenvalue weighted by molar-refractivity contribution is 5.75. The quantitative estimate of drug-likeness (QED) is 0.693. The lowest BCUT2D eigenvalue weighted by atomic mass is 10.1. The van der Waals surface area contributed by atoms with Crippen LogP contribution in [0.5, 0.6) is 0 Å². The minimum atomic E-state index is 0.297. The van der Waals surface area contributed by atoms with Gasteiger partial charge in [-0.05, 0) is 24.3 Å². The van der Waals surface area contributed by atoms with Gasteiger partial charge in [0.05, 0.1) is 0 Å². The zero-order valence-corrected chi connectivity index (χ0v) is 13.9. The van der Waals surface area contributed by atoms with Crippen LogP contribution in [0.25, 0.3) is 5.76 Å². The van der Waals surface area contributed by atoms with E-state index in [0.717, 1.165) is 35.8 Å². The summed E-state index contributed by atoms with van der Waals surface area (Å²) in [5.41, 5.74) is 2.98. The Morgan fingerprint density at radius 3 is 1.44 bits per heavy atom. The summed E-state index contributed by atoms with van der Waals surface area (Å²) in [6.45, 7) is 1.65. The summed E-state index contributed by atoms with van der Waals surface area (Å²) >= 11 is 0. The summed E-state index contributed by atoms with van der Waals surface area (Å²) in [6, 6.07) is 30.1. The van der Waals surface area contributed by atoms with Gasteiger partial charge in [-0.15, -0.1) is 0 Å². The van der Waals surface area contributed by atoms with Crippen LogP contribution in [0, 0.1) is 0 Å². The first-order chi connectivity index (χ1) is 12.3. The standard InChI is InChI=1S/C22H20N2O/c25-21(18-10-4-1-5-11-18)22-23(19-12-6-2-7-13-19)16-17-24(22)20-14-8-3-9-15-20/h1-15,25H,16-17H2. The van der Waals surface area contributed by atoms with Gasteiger partial charge in [0.25, 0.3) is 0 Å². The number of para-hydroxylation sites is 2. The largest absolute Gasteiger partial charge is 0.504 e. The molecule has 3 aromatic rings. The van der Waals surface area contributed by atoms with Crippen LogP contribution in [-0.2, 0) is 0 Å². The molecule has 1 saturated heterocycles. The second-order valence-corrected chi connectivity index (χ2v) is 6.01. The normalized spacial score (nSPS) is 14.0. The number of aliphatic hydroxyl groups excluding tert-OH is 1. The van der Waals surface area contributed by atoms with Gasteiger partial charge in [0, 0.05) is 30.0 Å². The lowest BCUT2D eigenvalue weighted by molar-refractivity contribution is 0.504. The lowest BCUT2D eigenvalue weighted by Crippen LogP contribution is -2.24. The molecule has 0 atom stereocenters. The van der Waals surface area contributed by atoms with Crippen LogP contribution in [0.3, 0.4) is 0 Å². The topological polar surface area (TPSA) is 26.7 Å². The number of anilines is 2. The first kappa shape index (κ1) is 15.3. The third kappa shape index (κ3) is 2.96. The fourth-order valence-corrected chi connectivity index (χ4v) is 3.26. The van der Waals surface area contributed by atoms with E-state index in [1.807, 2.05) is 66.7 Å². The zero-order chi connectivity index (χ0) is 17.1. The fourth-order valence-electron chi connectivity index (χ4n) is 3.26. The molecule has 0 saturated carbocycles. The molecule has 124 valence electrons. The van der Waals surface area contributed by atoms with Crippen molar-refractivity contribution < 1.29 is 5.11 Å². The molecule has 0 bridgehead atoms. The van der Waals surface area contributed by atoms with Crippen molar-refractivity contribution in [2.75, 3.05) is 22.9 Å². The Morgan fingerprint density at radius 2 is 1.00 bits per heavy atom. The van der Waals surface area contributed by atoms with Gasteiger partial charge in [-0.3, -0.25) is 0 Å². The Hall–Kier alpha value is -3.20. The monoisotopic (exact) mass is 328 g/mol. The van der Waals surface area contributed by atoms with E-state index < -0.39 is 0 Å². The Bertz CT molecular complexity index is 811. The van der Waals surface area contributed by atoms with Crippen molar-refractivity contribution in [1.82, 2.24) is 0 Å². The van der Waals surface area contributed by atoms with Gasteiger partial charge in [0.2, 0.25) is 0 Å². The molecule has 0 aliphatic carbocycles. The summed E-state index contributed by atoms with van der Waals surface area (Å²) in [5, 5.41) is 11.1. The van der Waals surface area contributed by atoms with E-state index in [2.05, 4.69) is 34.1 Å². The van der Waals surface area contributed by atoms with Gasteiger partial charge in [0.1, 0.15) is 0 Å². The van der Waals surface area contributed by atoms with Gasteiger partial charge in [-0.25, -0.2) is 0 Å². The number of aliphatic hydroxyl groups is 1. The van der Waals surface area contributed by atoms with Crippen molar-refractivity contribution >= 4 is 17.1 Å². The molecule has 0 spiro atoms. The Morgan fingerprint density at radius 1 is 0.600 bits per heavy atom. The predicted molar refractivity (Wildman–Crippen MR) is 104 cm³/mol. The van der Waals surface area contributed by atoms with Crippen molar-refractivity contribution in [1.29, 1.82) is 0 Å². The third-order valence-electron chi connectivity index (χ3n) is 4.45. The van der Waals surface area contributed by atoms with E-state index in [-0.39, 0.29) is 0 Å². The highest BCUT2D eigenvalue weighted by atomic mass is 16.3. The van der Waals surface area contributed by atoms with Gasteiger partial charge in [-0.2, -0.15) is 0 Å². The van der Waals surface area contributed by atoms with E-state index in [9.17, 15) is 5.11 Å². The summed E-state index contributed by atoms with van der Waals surface area (Å²) in [7, 11) is 0. The lowest BCUT2D eigenvalue weighted by Gasteiger charge is -2.26. The molecule has 1 fully saturated rings. The molecule has 1 heterocycles. The van der Waals surface area contributed by atoms with Gasteiger partial charge >= 0.3 is 0 Å². The SMILES string of the molecule is OC(=C1N(c2ccccc2)CCN1c1ccccc1)c1ccccc1. The second-order valence-electron chi connectivity index (χ2n) is 6.01. The Balaban J connectivity index is 1.84. The molecular weight excluding hydrogens is 308 g/mol. The van der Waals surface area contributed by atoms with Crippen molar-refractivity contribution in [2.24, 2.45) is 0 Å². The maximum Gasteiger partial charge on any atom is 0.164 e. The van der Waals surface area contributed by atoms with E-state index >= 15 is 0 Å². The van der Waals surface area contributed by atoms with Crippen molar-refractivity contribution in [3.05, 3.63) is 102 Å². The molecule has 0 unspecified atom stereocenters. The molecule has 25 heavy (non-hydrogen) atoms. The molecule has 1 N–H and O–H groups in total. The van der Waals surface area contributed by atoms with Crippen molar-refractivity contribution in [2.45, 2.75) is 0 Å². The summed E-state index contributed by atoms with van der Waals surface area (Å²) in [6.07, 6.45) is 0. The van der Waals surface area contributed by atoms with E-state index in [1.54, 1.807) is 0 Å². The Labute approximate surface area is 148 Å². The van der Waals surface area contributed by atoms with Gasteiger partial charge in [-0.1, -0.05) is 66.7 Å². The maximum atomic E-state index is 11.1. The number of benzene rings is 3. The summed E-state index contributed by atoms with van der Waals surface area (Å²) < 4.78 is 0. The van der Waals surface area contributed by atoms with E-state index in [0.29, 0.717) is 5.76 Å². The molecule has 3 nitrogen and oxygen atoms in total. The van der Waals surface area contributed by atoms with Crippen LogP contribution < -0.4 is 9.80 Å². The maximum absolute atomic E-state index is 11.1. The number of rotatable bonds is 3. The summed E-state index contributed by atoms with van der Waals surface area (Å²) in [5.74, 6) is 1.12. The van der Waals surface area contributed by atoms with Crippen molar-refractivity contribution in [3.63, 3.8) is 0 Å². The number of nitrogens with zero attached hydrogens (tertiary/aromatic N) is 2. The van der Waals surface area contributed by atoms with E-state index in [4.69, 9.17) is 0 Å². The first-order valence-corrected chi connectivity index (χ1v) is 8.48. The third-order valence-corrected chi connectivity index (χ3v) is 4.45. The van der Waals surface area contributed by atoms with Crippen LogP contribution in [0.1, 0.15) is 5.56 Å². The van der Waals surface area contributed by atoms with Crippen LogP contribution in [0.4, 0.5) is 11.4 Å². The predicted octanol–water partition coefficient (Wildman–Crippen LogP) is 4.90. The smallest absolute Gasteiger partial charge is 0.164 e. The average Bonchev–Trinajstić information content (AvgIpc) is 3.14. The Kier molecular flexibility index (Phi) is 4.13. The van der Waals surface area contributed by atoms with Gasteiger partial charge < -0.3 is 14.9 Å². The average molecular weight is 328 g/mol. The number of hydrogen-bond acceptors (Lipinski definition) is 3. The van der Waals surface area contributed by atoms with E-state index in [1.165, 1.54) is 0 Å². The van der Waals surface area contributed by atoms with Crippen LogP contribution >= 0.6 is 0 Å². The molecule has 0 aromatic heterocycles. The fraction of sp³-hybridized carbons (Fsp3) is 0.0909. The number of hydrogen-bond donors (Lipinski definition) is 1. The molecule has 0 amide bonds. The molecule has 0 radical (unpaired) electrons. The highest BCUT2D eigenvalue weighted by Crippen LogP contribution is 2.34. The molecule has 1 aliphatic heterocycles. The molecule has 1 aliphatic rings. The van der Waals surface area contributed by atoms with Gasteiger partial charge in [0.15, 0.2) is 11.6 Å².